The van der Waals surface area contributed by atoms with Crippen LogP contribution in [0.5, 0.6) is 11.5 Å². The highest BCUT2D eigenvalue weighted by atomic mass is 19.4. The number of aliphatic hydroxyl groups excluding tert-OH is 1. The van der Waals surface area contributed by atoms with Crippen LogP contribution in [-0.4, -0.2) is 63.0 Å². The fraction of sp³-hybridized carbons (Fsp3) is 0.680. The second-order valence-corrected chi connectivity index (χ2v) is 10.7. The lowest BCUT2D eigenvalue weighted by molar-refractivity contribution is -0.184. The number of halogens is 3. The van der Waals surface area contributed by atoms with E-state index in [1.807, 2.05) is 5.32 Å². The molecule has 1 amide bonds. The Kier molecular flexibility index (Phi) is 7.18. The number of aromatic hydroxyl groups is 2. The summed E-state index contributed by atoms with van der Waals surface area (Å²) in [4.78, 5) is 27.0. The van der Waals surface area contributed by atoms with Crippen molar-refractivity contribution in [2.24, 2.45) is 17.3 Å². The number of alkyl halides is 3. The minimum Gasteiger partial charge on any atom is -0.504 e. The molecule has 4 N–H and O–H groups in total. The van der Waals surface area contributed by atoms with Crippen molar-refractivity contribution >= 4 is 11.9 Å². The molecule has 2 saturated carbocycles. The van der Waals surface area contributed by atoms with Crippen molar-refractivity contribution in [3.05, 3.63) is 23.8 Å². The van der Waals surface area contributed by atoms with Crippen molar-refractivity contribution in [2.45, 2.75) is 83.0 Å². The van der Waals surface area contributed by atoms with E-state index in [1.54, 1.807) is 0 Å². The highest BCUT2D eigenvalue weighted by molar-refractivity contribution is 5.89. The summed E-state index contributed by atoms with van der Waals surface area (Å²) in [5.74, 6) is -2.59. The van der Waals surface area contributed by atoms with Crippen LogP contribution in [0.4, 0.5) is 13.2 Å². The zero-order valence-corrected chi connectivity index (χ0v) is 20.3. The molecule has 1 aromatic rings. The number of likely N-dealkylation sites (tertiary alicyclic amines) is 1. The number of carbonyl (C=O) groups is 2. The Morgan fingerprint density at radius 3 is 2.50 bits per heavy atom. The molecule has 4 rings (SSSR count). The highest BCUT2D eigenvalue weighted by Crippen LogP contribution is 2.56. The molecule has 6 atom stereocenters. The number of fused-ring (bicyclic) bond motifs is 2. The topological polar surface area (TPSA) is 119 Å². The average molecular weight is 515 g/mol. The molecular formula is C25H33F3N2O6. The number of amides is 1. The highest BCUT2D eigenvalue weighted by Gasteiger charge is 2.54. The number of hydrogen-bond donors (Lipinski definition) is 4. The van der Waals surface area contributed by atoms with E-state index in [4.69, 9.17) is 4.74 Å². The van der Waals surface area contributed by atoms with Gasteiger partial charge in [0.1, 0.15) is 18.4 Å². The fourth-order valence-corrected chi connectivity index (χ4v) is 6.23. The van der Waals surface area contributed by atoms with Crippen LogP contribution in [-0.2, 0) is 14.3 Å². The van der Waals surface area contributed by atoms with Crippen LogP contribution >= 0.6 is 0 Å². The Morgan fingerprint density at radius 2 is 1.86 bits per heavy atom. The van der Waals surface area contributed by atoms with Crippen LogP contribution < -0.4 is 5.32 Å². The van der Waals surface area contributed by atoms with Gasteiger partial charge in [0.25, 0.3) is 0 Å². The van der Waals surface area contributed by atoms with Gasteiger partial charge < -0.3 is 25.0 Å². The van der Waals surface area contributed by atoms with Gasteiger partial charge >= 0.3 is 12.1 Å². The molecule has 0 aromatic heterocycles. The number of benzene rings is 1. The smallest absolute Gasteiger partial charge is 0.412 e. The number of carbonyl (C=O) groups excluding carboxylic acids is 2. The lowest BCUT2D eigenvalue weighted by atomic mass is 9.68. The predicted octanol–water partition coefficient (Wildman–Crippen LogP) is 3.36. The number of nitrogens with zero attached hydrogens (tertiary/aromatic N) is 1. The van der Waals surface area contributed by atoms with Crippen LogP contribution in [0, 0.1) is 17.3 Å². The molecule has 1 aromatic carbocycles. The normalized spacial score (nSPS) is 29.1. The van der Waals surface area contributed by atoms with Gasteiger partial charge in [0, 0.05) is 12.5 Å². The van der Waals surface area contributed by atoms with Crippen LogP contribution in [0.2, 0.25) is 0 Å². The number of esters is 1. The summed E-state index contributed by atoms with van der Waals surface area (Å²) in [5, 5.41) is 31.1. The summed E-state index contributed by atoms with van der Waals surface area (Å²) in [7, 11) is 0. The van der Waals surface area contributed by atoms with Crippen molar-refractivity contribution in [2.75, 3.05) is 6.54 Å². The first-order valence-electron chi connectivity index (χ1n) is 12.3. The number of nitrogens with one attached hydrogen (secondary N) is 1. The summed E-state index contributed by atoms with van der Waals surface area (Å²) >= 11 is 0. The van der Waals surface area contributed by atoms with Crippen molar-refractivity contribution in [1.82, 2.24) is 10.2 Å². The molecule has 3 aliphatic rings. The van der Waals surface area contributed by atoms with Gasteiger partial charge in [-0.15, -0.1) is 0 Å². The van der Waals surface area contributed by atoms with Gasteiger partial charge in [-0.3, -0.25) is 10.1 Å². The van der Waals surface area contributed by atoms with Crippen molar-refractivity contribution < 1.29 is 42.8 Å². The van der Waals surface area contributed by atoms with Crippen molar-refractivity contribution in [1.29, 1.82) is 0 Å². The van der Waals surface area contributed by atoms with E-state index in [9.17, 15) is 38.1 Å². The van der Waals surface area contributed by atoms with Gasteiger partial charge in [-0.05, 0) is 61.1 Å². The summed E-state index contributed by atoms with van der Waals surface area (Å²) < 4.78 is 47.5. The van der Waals surface area contributed by atoms with Gasteiger partial charge in [-0.2, -0.15) is 13.2 Å². The van der Waals surface area contributed by atoms with Gasteiger partial charge in [-0.1, -0.05) is 26.3 Å². The molecule has 0 spiro atoms. The molecule has 1 aliphatic heterocycles. The largest absolute Gasteiger partial charge is 0.504 e. The van der Waals surface area contributed by atoms with Gasteiger partial charge in [-0.25, -0.2) is 4.79 Å². The fourth-order valence-electron chi connectivity index (χ4n) is 6.23. The van der Waals surface area contributed by atoms with E-state index in [1.165, 1.54) is 0 Å². The Bertz CT molecular complexity index is 1000. The zero-order chi connectivity index (χ0) is 26.4. The van der Waals surface area contributed by atoms with E-state index in [0.717, 1.165) is 48.8 Å². The second-order valence-electron chi connectivity index (χ2n) is 10.7. The quantitative estimate of drug-likeness (QED) is 0.261. The number of rotatable bonds is 6. The van der Waals surface area contributed by atoms with Crippen molar-refractivity contribution in [3.63, 3.8) is 0 Å². The van der Waals surface area contributed by atoms with Crippen LogP contribution in [0.1, 0.15) is 64.2 Å². The molecule has 1 heterocycles. The summed E-state index contributed by atoms with van der Waals surface area (Å²) in [6, 6.07) is -0.907. The zero-order valence-electron chi connectivity index (χ0n) is 20.3. The lowest BCUT2D eigenvalue weighted by Crippen LogP contribution is -2.57. The van der Waals surface area contributed by atoms with E-state index in [0.29, 0.717) is 12.3 Å². The third-order valence-electron chi connectivity index (χ3n) is 8.33. The maximum Gasteiger partial charge on any atom is 0.412 e. The standard InChI is InChI=1S/C25H33F3N2O6/c1-24(2)14-5-3-6-15(24)19(12-14)36-23(35)16-7-4-10-30(16)22(34)20(25(26,27)28)29-21(33)13-8-9-17(31)18(32)11-13/h8-9,11,14-16,19-21,29,31-33H,3-7,10,12H2,1-2H3. The lowest BCUT2D eigenvalue weighted by Gasteiger charge is -2.38. The molecule has 2 aliphatic carbocycles. The summed E-state index contributed by atoms with van der Waals surface area (Å²) in [6.07, 6.45) is -3.02. The number of phenols is 2. The first-order chi connectivity index (χ1) is 16.8. The third kappa shape index (κ3) is 5.00. The average Bonchev–Trinajstić information content (AvgIpc) is 3.29. The Morgan fingerprint density at radius 1 is 1.14 bits per heavy atom. The second kappa shape index (κ2) is 9.74. The Balaban J connectivity index is 1.47. The summed E-state index contributed by atoms with van der Waals surface area (Å²) in [6.45, 7) is 4.30. The molecule has 3 fully saturated rings. The SMILES string of the molecule is CC1(C)C2CCCC1C(OC(=O)C1CCCN1C(=O)C(NC(O)c1ccc(O)c(O)c1)C(F)(F)F)C2. The molecule has 11 heteroatoms. The number of hydrogen-bond acceptors (Lipinski definition) is 7. The monoisotopic (exact) mass is 514 g/mol. The van der Waals surface area contributed by atoms with E-state index >= 15 is 0 Å². The Hall–Kier alpha value is -2.53. The molecule has 8 nitrogen and oxygen atoms in total. The number of aliphatic hydroxyl groups is 1. The minimum atomic E-state index is -5.07. The van der Waals surface area contributed by atoms with Crippen LogP contribution in [0.25, 0.3) is 0 Å². The number of ether oxygens (including phenoxy) is 1. The Labute approximate surface area is 207 Å². The van der Waals surface area contributed by atoms with Crippen molar-refractivity contribution in [3.8, 4) is 11.5 Å². The molecule has 6 unspecified atom stereocenters. The van der Waals surface area contributed by atoms with Crippen LogP contribution in [0.15, 0.2) is 18.2 Å². The van der Waals surface area contributed by atoms with Gasteiger partial charge in [0.2, 0.25) is 5.91 Å². The van der Waals surface area contributed by atoms with Gasteiger partial charge in [0.15, 0.2) is 17.5 Å². The molecule has 1 saturated heterocycles. The molecule has 200 valence electrons. The van der Waals surface area contributed by atoms with Gasteiger partial charge in [0.05, 0.1) is 0 Å². The van der Waals surface area contributed by atoms with E-state index in [-0.39, 0.29) is 36.0 Å². The number of phenolic OH excluding ortho intramolecular Hbond substituents is 2. The maximum atomic E-state index is 13.9. The molecule has 0 radical (unpaired) electrons. The first-order valence-corrected chi connectivity index (χ1v) is 12.3. The van der Waals surface area contributed by atoms with Crippen LogP contribution in [0.3, 0.4) is 0 Å². The maximum absolute atomic E-state index is 13.9. The molecule has 2 bridgehead atoms. The third-order valence-corrected chi connectivity index (χ3v) is 8.33. The van der Waals surface area contributed by atoms with E-state index < -0.39 is 47.9 Å². The summed E-state index contributed by atoms with van der Waals surface area (Å²) in [5.41, 5.74) is -0.155. The first kappa shape index (κ1) is 26.5. The van der Waals surface area contributed by atoms with E-state index in [2.05, 4.69) is 13.8 Å². The molecular weight excluding hydrogens is 481 g/mol. The molecule has 36 heavy (non-hydrogen) atoms. The minimum absolute atomic E-state index is 0.0263. The predicted molar refractivity (Wildman–Crippen MR) is 122 cm³/mol.